The van der Waals surface area contributed by atoms with E-state index in [9.17, 15) is 23.1 Å². The Kier molecular flexibility index (Phi) is 4.33. The Morgan fingerprint density at radius 2 is 2.19 bits per heavy atom. The Labute approximate surface area is 120 Å². The highest BCUT2D eigenvalue weighted by molar-refractivity contribution is 7.88. The molecular weight excluding hydrogens is 302 g/mol. The maximum atomic E-state index is 11.8. The lowest BCUT2D eigenvalue weighted by atomic mass is 10.1. The third kappa shape index (κ3) is 3.59. The molecule has 0 saturated carbocycles. The summed E-state index contributed by atoms with van der Waals surface area (Å²) in [5.41, 5.74) is -0.802. The van der Waals surface area contributed by atoms with Crippen molar-refractivity contribution in [2.75, 3.05) is 12.9 Å². The number of aryl methyl sites for hydroxylation is 1. The van der Waals surface area contributed by atoms with Crippen LogP contribution in [0.2, 0.25) is 0 Å². The molecule has 0 unspecified atom stereocenters. The number of sulfonamides is 1. The summed E-state index contributed by atoms with van der Waals surface area (Å²) in [5, 5.41) is 9.26. The molecule has 0 amide bonds. The van der Waals surface area contributed by atoms with Crippen molar-refractivity contribution in [1.29, 1.82) is 0 Å². The van der Waals surface area contributed by atoms with Crippen LogP contribution < -0.4 is 16.0 Å². The van der Waals surface area contributed by atoms with Gasteiger partial charge < -0.3 is 9.84 Å². The highest BCUT2D eigenvalue weighted by Gasteiger charge is 2.37. The second-order valence-corrected chi connectivity index (χ2v) is 6.80. The van der Waals surface area contributed by atoms with Crippen LogP contribution in [0, 0.1) is 6.92 Å². The van der Waals surface area contributed by atoms with Crippen LogP contribution in [-0.2, 0) is 14.8 Å². The fraction of sp³-hybridized carbons (Fsp3) is 0.636. The Morgan fingerprint density at radius 3 is 2.76 bits per heavy atom. The Hall–Kier alpha value is -1.49. The number of nitrogens with zero attached hydrogens (tertiary/aromatic N) is 1. The molecule has 0 bridgehead atoms. The molecule has 1 fully saturated rings. The zero-order valence-corrected chi connectivity index (χ0v) is 12.4. The van der Waals surface area contributed by atoms with E-state index in [4.69, 9.17) is 4.74 Å². The summed E-state index contributed by atoms with van der Waals surface area (Å²) in [6.45, 7) is 1.15. The van der Waals surface area contributed by atoms with Gasteiger partial charge in [0.1, 0.15) is 6.23 Å². The zero-order valence-electron chi connectivity index (χ0n) is 11.6. The van der Waals surface area contributed by atoms with Gasteiger partial charge in [0.25, 0.3) is 5.56 Å². The topological polar surface area (TPSA) is 130 Å². The van der Waals surface area contributed by atoms with E-state index in [1.807, 2.05) is 0 Å². The number of hydrogen-bond acceptors (Lipinski definition) is 6. The van der Waals surface area contributed by atoms with Crippen LogP contribution in [0.3, 0.4) is 0 Å². The number of aromatic nitrogens is 2. The summed E-state index contributed by atoms with van der Waals surface area (Å²) in [6, 6.07) is -0.644. The molecule has 0 aliphatic carbocycles. The lowest BCUT2D eigenvalue weighted by molar-refractivity contribution is -0.0279. The quantitative estimate of drug-likeness (QED) is 0.591. The van der Waals surface area contributed by atoms with Crippen molar-refractivity contribution in [2.45, 2.75) is 31.7 Å². The lowest BCUT2D eigenvalue weighted by Gasteiger charge is -2.16. The van der Waals surface area contributed by atoms with Crippen molar-refractivity contribution < 1.29 is 18.3 Å². The standard InChI is InChI=1S/C11H17N3O6S/c1-6-4-14(11(17)12-10(6)16)9-3-7(8(5-15)20-9)13-21(2,18)19/h4,7-9,13,15H,3,5H2,1-2H3,(H,12,16,17)/t7-,8+,9+/m1/s1. The second kappa shape index (κ2) is 5.72. The van der Waals surface area contributed by atoms with Gasteiger partial charge in [-0.2, -0.15) is 0 Å². The smallest absolute Gasteiger partial charge is 0.330 e. The summed E-state index contributed by atoms with van der Waals surface area (Å²) >= 11 is 0. The van der Waals surface area contributed by atoms with Crippen LogP contribution in [0.15, 0.2) is 15.8 Å². The van der Waals surface area contributed by atoms with Gasteiger partial charge in [-0.15, -0.1) is 0 Å². The molecule has 0 aromatic carbocycles. The fourth-order valence-corrected chi connectivity index (χ4v) is 3.07. The molecule has 10 heteroatoms. The fourth-order valence-electron chi connectivity index (χ4n) is 2.27. The van der Waals surface area contributed by atoms with Crippen LogP contribution in [0.5, 0.6) is 0 Å². The summed E-state index contributed by atoms with van der Waals surface area (Å²) in [6.07, 6.45) is 1.01. The third-order valence-corrected chi connectivity index (χ3v) is 3.97. The molecule has 118 valence electrons. The van der Waals surface area contributed by atoms with E-state index in [0.29, 0.717) is 5.56 Å². The van der Waals surface area contributed by atoms with Gasteiger partial charge in [-0.25, -0.2) is 17.9 Å². The molecule has 3 atom stereocenters. The van der Waals surface area contributed by atoms with Gasteiger partial charge in [0.2, 0.25) is 10.0 Å². The molecule has 0 radical (unpaired) electrons. The average Bonchev–Trinajstić information content (AvgIpc) is 2.74. The van der Waals surface area contributed by atoms with Gasteiger partial charge >= 0.3 is 5.69 Å². The first-order valence-corrected chi connectivity index (χ1v) is 8.16. The monoisotopic (exact) mass is 319 g/mol. The van der Waals surface area contributed by atoms with Crippen LogP contribution in [0.1, 0.15) is 18.2 Å². The van der Waals surface area contributed by atoms with Gasteiger partial charge in [0.15, 0.2) is 0 Å². The van der Waals surface area contributed by atoms with Crippen LogP contribution >= 0.6 is 0 Å². The first kappa shape index (κ1) is 15.9. The molecular formula is C11H17N3O6S. The summed E-state index contributed by atoms with van der Waals surface area (Å²) in [7, 11) is -3.47. The van der Waals surface area contributed by atoms with Crippen molar-refractivity contribution in [3.8, 4) is 0 Å². The largest absolute Gasteiger partial charge is 0.394 e. The number of hydrogen-bond donors (Lipinski definition) is 3. The van der Waals surface area contributed by atoms with Crippen LogP contribution in [0.4, 0.5) is 0 Å². The second-order valence-electron chi connectivity index (χ2n) is 5.02. The molecule has 0 spiro atoms. The van der Waals surface area contributed by atoms with Crippen molar-refractivity contribution in [3.63, 3.8) is 0 Å². The minimum absolute atomic E-state index is 0.170. The average molecular weight is 319 g/mol. The number of rotatable bonds is 4. The number of aliphatic hydroxyl groups excluding tert-OH is 1. The van der Waals surface area contributed by atoms with Gasteiger partial charge in [0, 0.05) is 18.2 Å². The van der Waals surface area contributed by atoms with Gasteiger partial charge in [-0.05, 0) is 6.92 Å². The summed E-state index contributed by atoms with van der Waals surface area (Å²) in [4.78, 5) is 25.3. The van der Waals surface area contributed by atoms with E-state index in [-0.39, 0.29) is 13.0 Å². The molecule has 9 nitrogen and oxygen atoms in total. The molecule has 2 rings (SSSR count). The number of aromatic amines is 1. The van der Waals surface area contributed by atoms with E-state index in [1.54, 1.807) is 6.92 Å². The van der Waals surface area contributed by atoms with Crippen molar-refractivity contribution in [3.05, 3.63) is 32.6 Å². The summed E-state index contributed by atoms with van der Waals surface area (Å²) in [5.74, 6) is 0. The molecule has 2 heterocycles. The molecule has 3 N–H and O–H groups in total. The number of ether oxygens (including phenoxy) is 1. The molecule has 1 aromatic heterocycles. The SMILES string of the molecule is Cc1cn([C@@H]2C[C@@H](NS(C)(=O)=O)[C@H](CO)O2)c(=O)[nH]c1=O. The van der Waals surface area contributed by atoms with Crippen molar-refractivity contribution in [1.82, 2.24) is 14.3 Å². The van der Waals surface area contributed by atoms with Crippen LogP contribution in [-0.4, -0.2) is 48.1 Å². The van der Waals surface area contributed by atoms with E-state index >= 15 is 0 Å². The minimum atomic E-state index is -3.47. The maximum absolute atomic E-state index is 11.8. The Morgan fingerprint density at radius 1 is 1.52 bits per heavy atom. The van der Waals surface area contributed by atoms with E-state index in [0.717, 1.165) is 6.26 Å². The highest BCUT2D eigenvalue weighted by Crippen LogP contribution is 2.27. The molecule has 1 aliphatic rings. The maximum Gasteiger partial charge on any atom is 0.330 e. The molecule has 1 saturated heterocycles. The van der Waals surface area contributed by atoms with Crippen molar-refractivity contribution in [2.24, 2.45) is 0 Å². The predicted molar refractivity (Wildman–Crippen MR) is 73.4 cm³/mol. The van der Waals surface area contributed by atoms with E-state index in [1.165, 1.54) is 10.8 Å². The number of aliphatic hydroxyl groups is 1. The molecule has 1 aromatic rings. The normalized spacial score (nSPS) is 26.1. The first-order valence-electron chi connectivity index (χ1n) is 6.27. The molecule has 21 heavy (non-hydrogen) atoms. The Balaban J connectivity index is 2.29. The molecule has 1 aliphatic heterocycles. The number of nitrogens with one attached hydrogen (secondary N) is 2. The van der Waals surface area contributed by atoms with Crippen LogP contribution in [0.25, 0.3) is 0 Å². The lowest BCUT2D eigenvalue weighted by Crippen LogP contribution is -2.41. The van der Waals surface area contributed by atoms with E-state index in [2.05, 4.69) is 9.71 Å². The van der Waals surface area contributed by atoms with E-state index < -0.39 is 39.6 Å². The first-order chi connectivity index (χ1) is 9.71. The Bertz CT molecular complexity index is 737. The number of H-pyrrole nitrogens is 1. The summed E-state index contributed by atoms with van der Waals surface area (Å²) < 4.78 is 31.6. The van der Waals surface area contributed by atoms with Gasteiger partial charge in [-0.3, -0.25) is 14.3 Å². The third-order valence-electron chi connectivity index (χ3n) is 3.24. The minimum Gasteiger partial charge on any atom is -0.394 e. The van der Waals surface area contributed by atoms with Gasteiger partial charge in [-0.1, -0.05) is 0 Å². The highest BCUT2D eigenvalue weighted by atomic mass is 32.2. The predicted octanol–water partition coefficient (Wildman–Crippen LogP) is -1.96. The zero-order chi connectivity index (χ0) is 15.8. The van der Waals surface area contributed by atoms with Gasteiger partial charge in [0.05, 0.1) is 25.0 Å². The van der Waals surface area contributed by atoms with Crippen molar-refractivity contribution >= 4 is 10.0 Å².